The van der Waals surface area contributed by atoms with Gasteiger partial charge in [0.1, 0.15) is 6.61 Å². The molecule has 0 aliphatic carbocycles. The van der Waals surface area contributed by atoms with Crippen LogP contribution in [0.15, 0.2) is 57.9 Å². The standard InChI is InChI=1S/C21H22N2O5S2/c1-3-27-20(25)18-14(22-21(26)23-19(18)16-9-6-10-29-16)11-28-17(24)12-30-15-8-5-4-7-13(15)2/h4-10,19H,3,11-12H2,1-2H3,(H2,22,23,26). The summed E-state index contributed by atoms with van der Waals surface area (Å²) >= 11 is 2.78. The van der Waals surface area contributed by atoms with Crippen molar-refractivity contribution >= 4 is 41.1 Å². The third kappa shape index (κ3) is 5.43. The number of ether oxygens (including phenoxy) is 2. The molecule has 0 fully saturated rings. The lowest BCUT2D eigenvalue weighted by atomic mass is 10.0. The van der Waals surface area contributed by atoms with Crippen molar-refractivity contribution in [2.45, 2.75) is 24.8 Å². The second-order valence-electron chi connectivity index (χ2n) is 6.37. The molecule has 7 nitrogen and oxygen atoms in total. The topological polar surface area (TPSA) is 93.7 Å². The average Bonchev–Trinajstić information content (AvgIpc) is 3.26. The number of nitrogens with one attached hydrogen (secondary N) is 2. The monoisotopic (exact) mass is 446 g/mol. The van der Waals surface area contributed by atoms with Gasteiger partial charge in [-0.1, -0.05) is 24.3 Å². The highest BCUT2D eigenvalue weighted by molar-refractivity contribution is 8.00. The Kier molecular flexibility index (Phi) is 7.53. The molecule has 158 valence electrons. The van der Waals surface area contributed by atoms with Crippen LogP contribution in [0, 0.1) is 6.92 Å². The van der Waals surface area contributed by atoms with Gasteiger partial charge in [0.05, 0.1) is 29.7 Å². The summed E-state index contributed by atoms with van der Waals surface area (Å²) in [5, 5.41) is 7.18. The number of carbonyl (C=O) groups is 3. The molecule has 0 saturated carbocycles. The summed E-state index contributed by atoms with van der Waals surface area (Å²) in [6.45, 7) is 3.64. The highest BCUT2D eigenvalue weighted by Gasteiger charge is 2.34. The molecular formula is C21H22N2O5S2. The smallest absolute Gasteiger partial charge is 0.338 e. The van der Waals surface area contributed by atoms with Crippen LogP contribution in [0.1, 0.15) is 23.4 Å². The Labute approximate surface area is 182 Å². The summed E-state index contributed by atoms with van der Waals surface area (Å²) in [6.07, 6.45) is 0. The van der Waals surface area contributed by atoms with E-state index >= 15 is 0 Å². The number of benzene rings is 1. The summed E-state index contributed by atoms with van der Waals surface area (Å²) in [4.78, 5) is 38.8. The van der Waals surface area contributed by atoms with Gasteiger partial charge < -0.3 is 20.1 Å². The Bertz CT molecular complexity index is 956. The number of amides is 2. The maximum absolute atomic E-state index is 12.6. The Balaban J connectivity index is 1.73. The molecule has 0 radical (unpaired) electrons. The minimum atomic E-state index is -0.659. The van der Waals surface area contributed by atoms with Crippen molar-refractivity contribution in [2.75, 3.05) is 19.0 Å². The van der Waals surface area contributed by atoms with Gasteiger partial charge in [-0.15, -0.1) is 23.1 Å². The van der Waals surface area contributed by atoms with Crippen LogP contribution in [0.4, 0.5) is 4.79 Å². The molecule has 0 saturated heterocycles. The van der Waals surface area contributed by atoms with Crippen molar-refractivity contribution in [2.24, 2.45) is 0 Å². The summed E-state index contributed by atoms with van der Waals surface area (Å²) in [5.74, 6) is -0.892. The molecule has 3 rings (SSSR count). The lowest BCUT2D eigenvalue weighted by molar-refractivity contribution is -0.141. The van der Waals surface area contributed by atoms with Crippen LogP contribution >= 0.6 is 23.1 Å². The van der Waals surface area contributed by atoms with Crippen LogP contribution < -0.4 is 10.6 Å². The van der Waals surface area contributed by atoms with E-state index in [9.17, 15) is 14.4 Å². The highest BCUT2D eigenvalue weighted by atomic mass is 32.2. The van der Waals surface area contributed by atoms with Gasteiger partial charge >= 0.3 is 18.0 Å². The van der Waals surface area contributed by atoms with Crippen LogP contribution in [0.3, 0.4) is 0 Å². The fraction of sp³-hybridized carbons (Fsp3) is 0.286. The second-order valence-corrected chi connectivity index (χ2v) is 8.37. The van der Waals surface area contributed by atoms with E-state index in [0.29, 0.717) is 0 Å². The molecule has 0 bridgehead atoms. The van der Waals surface area contributed by atoms with E-state index in [0.717, 1.165) is 15.3 Å². The predicted molar refractivity (Wildman–Crippen MR) is 115 cm³/mol. The molecule has 30 heavy (non-hydrogen) atoms. The number of thioether (sulfide) groups is 1. The number of aryl methyl sites for hydroxylation is 1. The Morgan fingerprint density at radius 1 is 1.17 bits per heavy atom. The minimum absolute atomic E-state index is 0.118. The van der Waals surface area contributed by atoms with Gasteiger partial charge in [0, 0.05) is 9.77 Å². The first-order valence-electron chi connectivity index (χ1n) is 9.34. The summed E-state index contributed by atoms with van der Waals surface area (Å²) < 4.78 is 10.5. The number of rotatable bonds is 8. The number of urea groups is 1. The molecule has 1 aliphatic rings. The third-order valence-corrected chi connectivity index (χ3v) is 6.38. The van der Waals surface area contributed by atoms with Crippen LogP contribution in [0.25, 0.3) is 0 Å². The van der Waals surface area contributed by atoms with E-state index in [2.05, 4.69) is 10.6 Å². The molecule has 2 aromatic rings. The van der Waals surface area contributed by atoms with Gasteiger partial charge in [0.25, 0.3) is 0 Å². The van der Waals surface area contributed by atoms with E-state index in [1.807, 2.05) is 48.7 Å². The molecule has 2 amide bonds. The zero-order valence-electron chi connectivity index (χ0n) is 16.6. The molecular weight excluding hydrogens is 424 g/mol. The van der Waals surface area contributed by atoms with Gasteiger partial charge in [0.15, 0.2) is 0 Å². The van der Waals surface area contributed by atoms with E-state index in [1.54, 1.807) is 6.92 Å². The fourth-order valence-electron chi connectivity index (χ4n) is 2.90. The molecule has 0 spiro atoms. The largest absolute Gasteiger partial charge is 0.463 e. The highest BCUT2D eigenvalue weighted by Crippen LogP contribution is 2.31. The number of hydrogen-bond acceptors (Lipinski definition) is 7. The predicted octanol–water partition coefficient (Wildman–Crippen LogP) is 3.56. The van der Waals surface area contributed by atoms with Gasteiger partial charge in [0.2, 0.25) is 0 Å². The lowest BCUT2D eigenvalue weighted by Gasteiger charge is -2.28. The van der Waals surface area contributed by atoms with Gasteiger partial charge in [-0.05, 0) is 36.9 Å². The van der Waals surface area contributed by atoms with Crippen molar-refractivity contribution in [1.82, 2.24) is 10.6 Å². The van der Waals surface area contributed by atoms with Crippen molar-refractivity contribution in [3.05, 3.63) is 63.5 Å². The van der Waals surface area contributed by atoms with Crippen molar-refractivity contribution in [3.8, 4) is 0 Å². The van der Waals surface area contributed by atoms with Crippen molar-refractivity contribution < 1.29 is 23.9 Å². The molecule has 1 unspecified atom stereocenters. The first-order valence-corrected chi connectivity index (χ1v) is 11.2. The molecule has 1 aromatic heterocycles. The normalized spacial score (nSPS) is 15.9. The van der Waals surface area contributed by atoms with Gasteiger partial charge in [-0.25, -0.2) is 9.59 Å². The Morgan fingerprint density at radius 3 is 2.67 bits per heavy atom. The van der Waals surface area contributed by atoms with Crippen LogP contribution in [-0.4, -0.2) is 36.9 Å². The maximum atomic E-state index is 12.6. The number of hydrogen-bond donors (Lipinski definition) is 2. The summed E-state index contributed by atoms with van der Waals surface area (Å²) in [5.41, 5.74) is 1.54. The molecule has 1 aromatic carbocycles. The van der Waals surface area contributed by atoms with Crippen LogP contribution in [-0.2, 0) is 19.1 Å². The van der Waals surface area contributed by atoms with Gasteiger partial charge in [-0.2, -0.15) is 0 Å². The van der Waals surface area contributed by atoms with E-state index < -0.39 is 24.0 Å². The van der Waals surface area contributed by atoms with Crippen LogP contribution in [0.5, 0.6) is 0 Å². The Morgan fingerprint density at radius 2 is 1.97 bits per heavy atom. The summed E-state index contributed by atoms with van der Waals surface area (Å²) in [7, 11) is 0. The molecule has 1 aliphatic heterocycles. The Hall–Kier alpha value is -2.78. The summed E-state index contributed by atoms with van der Waals surface area (Å²) in [6, 6.07) is 10.3. The van der Waals surface area contributed by atoms with E-state index in [4.69, 9.17) is 9.47 Å². The maximum Gasteiger partial charge on any atom is 0.338 e. The molecule has 2 N–H and O–H groups in total. The third-order valence-electron chi connectivity index (χ3n) is 4.29. The SMILES string of the molecule is CCOC(=O)C1=C(COC(=O)CSc2ccccc2C)NC(=O)NC1c1cccs1. The average molecular weight is 447 g/mol. The first kappa shape index (κ1) is 21.9. The number of thiophene rings is 1. The zero-order chi connectivity index (χ0) is 21.5. The number of esters is 2. The fourth-order valence-corrected chi connectivity index (χ4v) is 4.51. The quantitative estimate of drug-likeness (QED) is 0.476. The van der Waals surface area contributed by atoms with E-state index in [1.165, 1.54) is 23.1 Å². The first-order chi connectivity index (χ1) is 14.5. The van der Waals surface area contributed by atoms with Crippen LogP contribution in [0.2, 0.25) is 0 Å². The minimum Gasteiger partial charge on any atom is -0.463 e. The van der Waals surface area contributed by atoms with Crippen molar-refractivity contribution in [1.29, 1.82) is 0 Å². The molecule has 9 heteroatoms. The number of carbonyl (C=O) groups excluding carboxylic acids is 3. The van der Waals surface area contributed by atoms with E-state index in [-0.39, 0.29) is 30.2 Å². The van der Waals surface area contributed by atoms with Crippen molar-refractivity contribution in [3.63, 3.8) is 0 Å². The molecule has 2 heterocycles. The second kappa shape index (κ2) is 10.3. The zero-order valence-corrected chi connectivity index (χ0v) is 18.2. The van der Waals surface area contributed by atoms with Gasteiger partial charge in [-0.3, -0.25) is 4.79 Å². The molecule has 1 atom stereocenters. The lowest BCUT2D eigenvalue weighted by Crippen LogP contribution is -2.47.